The molecule has 0 aliphatic carbocycles. The molecular formula is C79H114N18O17S3. The number of nitrogens with zero attached hydrogens (tertiary/aromatic N) is 3. The highest BCUT2D eigenvalue weighted by Crippen LogP contribution is 2.29. The van der Waals surface area contributed by atoms with Crippen molar-refractivity contribution in [1.29, 1.82) is 0 Å². The summed E-state index contributed by atoms with van der Waals surface area (Å²) >= 11 is 6.43. The number of H-pyrrole nitrogens is 1. The summed E-state index contributed by atoms with van der Waals surface area (Å²) in [6, 6.07) is -2.09. The maximum atomic E-state index is 15.4. The van der Waals surface area contributed by atoms with Gasteiger partial charge in [0.25, 0.3) is 11.8 Å². The van der Waals surface area contributed by atoms with E-state index in [-0.39, 0.29) is 82.7 Å². The summed E-state index contributed by atoms with van der Waals surface area (Å²) in [6.45, 7) is 16.7. The molecule has 17 atom stereocenters. The van der Waals surface area contributed by atoms with Gasteiger partial charge in [0.15, 0.2) is 5.96 Å². The monoisotopic (exact) mass is 1680 g/mol. The van der Waals surface area contributed by atoms with Crippen LogP contribution in [0.4, 0.5) is 0 Å². The Morgan fingerprint density at radius 2 is 1.28 bits per heavy atom. The first-order chi connectivity index (χ1) is 55.6. The normalized spacial score (nSPS) is 24.7. The molecule has 4 saturated heterocycles. The number of hydrogen-bond donors (Lipinski definition) is 17. The molecule has 640 valence electrons. The number of para-hydroxylation sites is 1. The number of aromatic nitrogens is 1. The number of carboxylic acid groups (broad SMARTS) is 1. The molecule has 17 unspecified atom stereocenters. The van der Waals surface area contributed by atoms with Crippen molar-refractivity contribution in [2.75, 3.05) is 36.9 Å². The molecule has 7 rings (SSSR count). The summed E-state index contributed by atoms with van der Waals surface area (Å²) < 4.78 is 0. The number of aliphatic imine (C=N–C) groups is 1. The van der Waals surface area contributed by atoms with E-state index in [1.807, 2.05) is 13.0 Å². The Morgan fingerprint density at radius 3 is 1.93 bits per heavy atom. The fourth-order valence-electron chi connectivity index (χ4n) is 14.1. The van der Waals surface area contributed by atoms with Gasteiger partial charge in [-0.15, -0.1) is 0 Å². The molecule has 0 radical (unpaired) electrons. The zero-order valence-electron chi connectivity index (χ0n) is 67.7. The number of Topliss-reactive ketones (excluding diaryl/α,β-unsaturated/α-hetero) is 1. The van der Waals surface area contributed by atoms with E-state index in [2.05, 4.69) is 86.4 Å². The van der Waals surface area contributed by atoms with E-state index in [0.717, 1.165) is 23.5 Å². The molecule has 2 aromatic carbocycles. The third-order valence-corrected chi connectivity index (χ3v) is 24.4. The molecule has 4 aliphatic rings. The number of allylic oxidation sites excluding steroid dienone is 1. The van der Waals surface area contributed by atoms with Crippen LogP contribution >= 0.6 is 36.2 Å². The number of hydrogen-bond acceptors (Lipinski definition) is 20. The lowest BCUT2D eigenvalue weighted by molar-refractivity contribution is -0.149. The summed E-state index contributed by atoms with van der Waals surface area (Å²) in [7, 11) is 0. The van der Waals surface area contributed by atoms with E-state index >= 15 is 24.0 Å². The first-order valence-electron chi connectivity index (χ1n) is 39.8. The standard InChI is InChI=1S/C79H114N18O17S3/c1-11-41(7)61-74(109)91-56(78(113)114)39-116-43(9)33-51(68(103)92-60(40(5)6)73(108)93-61)86-64(99)48(13-3)84-69(104)54(37-115)89-70(105)55-38-117-44(10)63(75(110)88-52(34-45-23-16-15-17-24-45)66(101)87-53(67(102)90-55)35-46-36-83-49-26-19-18-25-47(46)49)95-65(100)50(27-20-30-82-79(80)81)85-71(106)57-28-21-31-96(57)76(111)58-29-22-32-97(58)77(112)62(42(8)12-2)94-72(107)59(98)14-4/h13,15-19,23-26,36,40-44,50-58,60-63,83,115H,11-12,14,20-22,27-35,37-39H2,1-10H3,(H,84,104)(H,85,106)(H,86,99)(H,87,101)(H,88,110)(H,89,105)(H,90,102)(H,91,109)(H,92,103)(H,93,108)(H,94,107)(H,95,100)(H,113,114)(H4,80,81,82)/b48-13-. The van der Waals surface area contributed by atoms with E-state index in [0.29, 0.717) is 47.7 Å². The number of rotatable bonds is 30. The molecule has 4 fully saturated rings. The van der Waals surface area contributed by atoms with Crippen molar-refractivity contribution in [3.63, 3.8) is 0 Å². The van der Waals surface area contributed by atoms with E-state index in [1.165, 1.54) is 36.6 Å². The van der Waals surface area contributed by atoms with Crippen LogP contribution in [0.25, 0.3) is 10.9 Å². The van der Waals surface area contributed by atoms with Gasteiger partial charge in [0.1, 0.15) is 84.2 Å². The van der Waals surface area contributed by atoms with Crippen LogP contribution in [0.5, 0.6) is 0 Å². The average Bonchev–Trinajstić information content (AvgIpc) is 1.66. The van der Waals surface area contributed by atoms with E-state index < -0.39 is 218 Å². The van der Waals surface area contributed by atoms with Gasteiger partial charge in [-0.05, 0) is 86.8 Å². The van der Waals surface area contributed by atoms with Gasteiger partial charge in [-0.1, -0.05) is 130 Å². The topological polar surface area (TPSA) is 524 Å². The molecule has 4 aliphatic heterocycles. The Morgan fingerprint density at radius 1 is 0.667 bits per heavy atom. The lowest BCUT2D eigenvalue weighted by atomic mass is 9.96. The van der Waals surface area contributed by atoms with Crippen LogP contribution < -0.4 is 75.3 Å². The Bertz CT molecular complexity index is 4160. The van der Waals surface area contributed by atoms with Crippen LogP contribution in [0.3, 0.4) is 0 Å². The summed E-state index contributed by atoms with van der Waals surface area (Å²) in [5, 5.41) is 41.5. The molecule has 3 aromatic rings. The van der Waals surface area contributed by atoms with Gasteiger partial charge in [0.2, 0.25) is 76.7 Å². The highest BCUT2D eigenvalue weighted by atomic mass is 32.2. The highest BCUT2D eigenvalue weighted by Gasteiger charge is 2.47. The number of likely N-dealkylation sites (tertiary alicyclic amines) is 2. The predicted octanol–water partition coefficient (Wildman–Crippen LogP) is -0.256. The van der Waals surface area contributed by atoms with Crippen LogP contribution in [0.2, 0.25) is 0 Å². The third-order valence-electron chi connectivity index (χ3n) is 21.4. The largest absolute Gasteiger partial charge is 0.480 e. The number of carboxylic acids is 1. The van der Waals surface area contributed by atoms with Gasteiger partial charge in [-0.25, -0.2) is 4.79 Å². The smallest absolute Gasteiger partial charge is 0.327 e. The quantitative estimate of drug-likeness (QED) is 0.0102. The molecule has 1 aromatic heterocycles. The zero-order chi connectivity index (χ0) is 86.1. The van der Waals surface area contributed by atoms with Crippen molar-refractivity contribution in [1.82, 2.24) is 78.6 Å². The second-order valence-corrected chi connectivity index (χ2v) is 33.6. The SMILES string of the molecule is C/C=C(\NC(=O)C(CS)NC(=O)C1CSC(C)C(NC(=O)C(CCCN=C(N)N)NC(=O)C2CCCN2C(=O)C2CCCN2C(=O)C(NC(=O)C(=O)CC)C(C)CC)C(=O)NC(Cc2ccccc2)C(=O)NC(Cc2c[nH]c3ccccc23)C(=O)N1)C(=O)NC1CC(C)SCC(C(=O)O)NC(=O)C(C(C)CC)NC(=O)C(C(C)C)NC1=O. The summed E-state index contributed by atoms with van der Waals surface area (Å²) in [5.74, 6) is -16.5. The average molecular weight is 1680 g/mol. The molecule has 0 spiro atoms. The molecule has 38 heteroatoms. The van der Waals surface area contributed by atoms with Gasteiger partial charge in [-0.3, -0.25) is 76.9 Å². The number of carbonyl (C=O) groups is 16. The van der Waals surface area contributed by atoms with Gasteiger partial charge in [0, 0.05) is 83.8 Å². The molecule has 35 nitrogen and oxygen atoms in total. The first kappa shape index (κ1) is 93.9. The fourth-order valence-corrected chi connectivity index (χ4v) is 16.5. The summed E-state index contributed by atoms with van der Waals surface area (Å²) in [5.41, 5.74) is 12.8. The van der Waals surface area contributed by atoms with Crippen LogP contribution in [0.15, 0.2) is 77.6 Å². The number of nitrogens with one attached hydrogen (secondary N) is 13. The first-order valence-corrected chi connectivity index (χ1v) is 42.5. The number of benzene rings is 2. The lowest BCUT2D eigenvalue weighted by Gasteiger charge is -2.34. The molecule has 5 heterocycles. The minimum absolute atomic E-state index is 0.0250. The van der Waals surface area contributed by atoms with Crippen LogP contribution in [-0.4, -0.2) is 246 Å². The third kappa shape index (κ3) is 26.1. The number of ketones is 1. The van der Waals surface area contributed by atoms with Crippen molar-refractivity contribution >= 4 is 147 Å². The van der Waals surface area contributed by atoms with Crippen molar-refractivity contribution in [2.45, 2.75) is 235 Å². The molecular weight excluding hydrogens is 1570 g/mol. The number of fused-ring (bicyclic) bond motifs is 1. The van der Waals surface area contributed by atoms with E-state index in [4.69, 9.17) is 11.5 Å². The fraction of sp³-hybridized carbons (Fsp3) is 0.582. The van der Waals surface area contributed by atoms with Gasteiger partial charge >= 0.3 is 5.97 Å². The number of nitrogens with two attached hydrogens (primary N) is 2. The minimum Gasteiger partial charge on any atom is -0.480 e. The number of aliphatic carboxylic acids is 1. The predicted molar refractivity (Wildman–Crippen MR) is 444 cm³/mol. The Labute approximate surface area is 694 Å². The number of thiol groups is 1. The second kappa shape index (κ2) is 44.9. The Balaban J connectivity index is 1.18. The molecule has 0 bridgehead atoms. The van der Waals surface area contributed by atoms with Crippen molar-refractivity contribution in [2.24, 2.45) is 34.2 Å². The van der Waals surface area contributed by atoms with Gasteiger partial charge in [0.05, 0.1) is 0 Å². The molecule has 14 amide bonds. The number of aromatic amines is 1. The molecule has 0 saturated carbocycles. The highest BCUT2D eigenvalue weighted by molar-refractivity contribution is 8.00. The van der Waals surface area contributed by atoms with E-state index in [1.54, 1.807) is 96.3 Å². The van der Waals surface area contributed by atoms with Crippen molar-refractivity contribution < 1.29 is 81.8 Å². The van der Waals surface area contributed by atoms with E-state index in [9.17, 15) is 57.8 Å². The number of guanidine groups is 1. The summed E-state index contributed by atoms with van der Waals surface area (Å²) in [4.78, 5) is 239. The van der Waals surface area contributed by atoms with Crippen LogP contribution in [0, 0.1) is 17.8 Å². The second-order valence-electron chi connectivity index (χ2n) is 30.3. The lowest BCUT2D eigenvalue weighted by Crippen LogP contribution is -2.61. The van der Waals surface area contributed by atoms with Crippen LogP contribution in [0.1, 0.15) is 145 Å². The maximum Gasteiger partial charge on any atom is 0.327 e. The Hall–Kier alpha value is -10.2. The van der Waals surface area contributed by atoms with Gasteiger partial charge in [-0.2, -0.15) is 36.2 Å². The van der Waals surface area contributed by atoms with Gasteiger partial charge < -0.3 is 95.2 Å². The summed E-state index contributed by atoms with van der Waals surface area (Å²) in [6.07, 6.45) is 4.24. The van der Waals surface area contributed by atoms with Crippen molar-refractivity contribution in [3.05, 3.63) is 83.7 Å². The zero-order valence-corrected chi connectivity index (χ0v) is 70.2. The maximum absolute atomic E-state index is 15.4. The minimum atomic E-state index is -1.65. The van der Waals surface area contributed by atoms with Crippen LogP contribution in [-0.2, 0) is 89.6 Å². The number of amides is 14. The van der Waals surface area contributed by atoms with Crippen molar-refractivity contribution in [3.8, 4) is 0 Å². The number of thioether (sulfide) groups is 2. The molecule has 18 N–H and O–H groups in total. The number of carbonyl (C=O) groups excluding carboxylic acids is 15. The Kier molecular flexibility index (Phi) is 36.1. The molecule has 117 heavy (non-hydrogen) atoms.